The minimum Gasteiger partial charge on any atom is -0.225 e. The van der Waals surface area contributed by atoms with Crippen molar-refractivity contribution in [2.75, 3.05) is 0 Å². The Morgan fingerprint density at radius 1 is 1.12 bits per heavy atom. The highest BCUT2D eigenvalue weighted by molar-refractivity contribution is 7.19. The molecule has 0 aliphatic heterocycles. The molecule has 5 aromatic rings. The predicted molar refractivity (Wildman–Crippen MR) is 123 cm³/mol. The van der Waals surface area contributed by atoms with Crippen LogP contribution in [0, 0.1) is 11.3 Å². The molecule has 0 saturated heterocycles. The van der Waals surface area contributed by atoms with Gasteiger partial charge < -0.3 is 0 Å². The summed E-state index contributed by atoms with van der Waals surface area (Å²) in [5, 5.41) is 18.7. The van der Waals surface area contributed by atoms with Crippen LogP contribution >= 0.6 is 11.3 Å². The fourth-order valence-electron chi connectivity index (χ4n) is 4.56. The normalized spacial score (nSPS) is 16.7. The van der Waals surface area contributed by atoms with E-state index in [0.717, 1.165) is 34.3 Å². The number of aryl methyl sites for hydroxylation is 1. The smallest absolute Gasteiger partial charge is 0.204 e. The van der Waals surface area contributed by atoms with Crippen LogP contribution in [0.3, 0.4) is 0 Å². The third kappa shape index (κ3) is 3.28. The highest BCUT2D eigenvalue weighted by atomic mass is 32.1. The minimum absolute atomic E-state index is 0.321. The maximum Gasteiger partial charge on any atom is 0.204 e. The molecule has 1 aromatic carbocycles. The molecule has 1 atom stereocenters. The van der Waals surface area contributed by atoms with Crippen molar-refractivity contribution in [3.8, 4) is 11.4 Å². The van der Waals surface area contributed by atoms with Crippen LogP contribution in [0.5, 0.6) is 0 Å². The lowest BCUT2D eigenvalue weighted by molar-refractivity contribution is 0.218. The van der Waals surface area contributed by atoms with Crippen molar-refractivity contribution in [3.63, 3.8) is 0 Å². The molecular formula is C23H24N8S. The van der Waals surface area contributed by atoms with Gasteiger partial charge in [-0.15, -0.1) is 26.6 Å². The zero-order valence-corrected chi connectivity index (χ0v) is 19.2. The Kier molecular flexibility index (Phi) is 4.36. The second-order valence-electron chi connectivity index (χ2n) is 9.54. The van der Waals surface area contributed by atoms with E-state index in [4.69, 9.17) is 9.97 Å². The van der Waals surface area contributed by atoms with Crippen LogP contribution in [0.25, 0.3) is 27.3 Å². The van der Waals surface area contributed by atoms with Crippen LogP contribution in [-0.2, 0) is 19.4 Å². The summed E-state index contributed by atoms with van der Waals surface area (Å²) in [6.07, 6.45) is 5.17. The van der Waals surface area contributed by atoms with Gasteiger partial charge in [-0.2, -0.15) is 4.80 Å². The monoisotopic (exact) mass is 444 g/mol. The molecule has 0 fully saturated rings. The van der Waals surface area contributed by atoms with Crippen molar-refractivity contribution in [1.82, 2.24) is 39.8 Å². The summed E-state index contributed by atoms with van der Waals surface area (Å²) >= 11 is 1.82. The quantitative estimate of drug-likeness (QED) is 0.415. The summed E-state index contributed by atoms with van der Waals surface area (Å²) in [5.41, 5.74) is 3.54. The summed E-state index contributed by atoms with van der Waals surface area (Å²) in [6.45, 7) is 7.40. The largest absolute Gasteiger partial charge is 0.225 e. The summed E-state index contributed by atoms with van der Waals surface area (Å²) in [7, 11) is 0. The molecule has 1 unspecified atom stereocenters. The summed E-state index contributed by atoms with van der Waals surface area (Å²) in [4.78, 5) is 13.6. The minimum atomic E-state index is 0.321. The van der Waals surface area contributed by atoms with Gasteiger partial charge in [0.25, 0.3) is 0 Å². The lowest BCUT2D eigenvalue weighted by Gasteiger charge is -2.33. The van der Waals surface area contributed by atoms with E-state index >= 15 is 0 Å². The number of aromatic nitrogens is 8. The molecular weight excluding hydrogens is 420 g/mol. The number of rotatable bonds is 3. The first kappa shape index (κ1) is 19.5. The Hall–Kier alpha value is -3.20. The summed E-state index contributed by atoms with van der Waals surface area (Å²) < 4.78 is 1.79. The van der Waals surface area contributed by atoms with Gasteiger partial charge in [-0.05, 0) is 41.4 Å². The number of hydrogen-bond donors (Lipinski definition) is 0. The lowest BCUT2D eigenvalue weighted by atomic mass is 9.72. The van der Waals surface area contributed by atoms with Crippen molar-refractivity contribution in [1.29, 1.82) is 0 Å². The summed E-state index contributed by atoms with van der Waals surface area (Å²) in [5.74, 6) is 1.95. The zero-order valence-electron chi connectivity index (χ0n) is 18.4. The molecule has 4 heterocycles. The Morgan fingerprint density at radius 3 is 2.78 bits per heavy atom. The Morgan fingerprint density at radius 2 is 1.97 bits per heavy atom. The highest BCUT2D eigenvalue weighted by Gasteiger charge is 2.31. The average molecular weight is 445 g/mol. The molecule has 0 amide bonds. The maximum absolute atomic E-state index is 4.86. The molecule has 0 spiro atoms. The third-order valence-electron chi connectivity index (χ3n) is 6.42. The number of tetrazole rings is 1. The van der Waals surface area contributed by atoms with Crippen LogP contribution < -0.4 is 0 Å². The van der Waals surface area contributed by atoms with E-state index in [1.54, 1.807) is 15.6 Å². The molecule has 0 N–H and O–H groups in total. The van der Waals surface area contributed by atoms with Gasteiger partial charge in [0.15, 0.2) is 11.5 Å². The second-order valence-corrected chi connectivity index (χ2v) is 10.6. The van der Waals surface area contributed by atoms with E-state index < -0.39 is 0 Å². The topological polar surface area (TPSA) is 86.7 Å². The van der Waals surface area contributed by atoms with Crippen LogP contribution in [0.2, 0.25) is 0 Å². The van der Waals surface area contributed by atoms with E-state index in [0.29, 0.717) is 29.5 Å². The first-order valence-corrected chi connectivity index (χ1v) is 11.7. The lowest BCUT2D eigenvalue weighted by Crippen LogP contribution is -2.26. The first-order valence-electron chi connectivity index (χ1n) is 10.9. The first-order chi connectivity index (χ1) is 15.5. The SMILES string of the molecule is CC(C)(C)C1CCc2c(sc3ncn4nc(Cn5nnc(-c6ccccc6)n5)nc4c23)C1. The molecule has 1 aliphatic rings. The molecule has 32 heavy (non-hydrogen) atoms. The Labute approximate surface area is 189 Å². The zero-order chi connectivity index (χ0) is 21.9. The van der Waals surface area contributed by atoms with E-state index in [2.05, 4.69) is 41.3 Å². The number of nitrogens with zero attached hydrogens (tertiary/aromatic N) is 8. The van der Waals surface area contributed by atoms with Gasteiger partial charge in [-0.1, -0.05) is 51.1 Å². The average Bonchev–Trinajstić information content (AvgIpc) is 3.49. The number of thiophene rings is 1. The third-order valence-corrected chi connectivity index (χ3v) is 7.58. The number of fused-ring (bicyclic) bond motifs is 5. The van der Waals surface area contributed by atoms with Gasteiger partial charge in [-0.3, -0.25) is 0 Å². The van der Waals surface area contributed by atoms with Gasteiger partial charge in [0.2, 0.25) is 5.82 Å². The van der Waals surface area contributed by atoms with Crippen LogP contribution in [0.4, 0.5) is 0 Å². The van der Waals surface area contributed by atoms with Crippen molar-refractivity contribution in [2.24, 2.45) is 11.3 Å². The van der Waals surface area contributed by atoms with Gasteiger partial charge >= 0.3 is 0 Å². The van der Waals surface area contributed by atoms with Gasteiger partial charge in [0.1, 0.15) is 17.7 Å². The van der Waals surface area contributed by atoms with E-state index in [9.17, 15) is 0 Å². The van der Waals surface area contributed by atoms with Gasteiger partial charge in [0, 0.05) is 10.4 Å². The number of hydrogen-bond acceptors (Lipinski definition) is 7. The molecule has 8 nitrogen and oxygen atoms in total. The Balaban J connectivity index is 1.34. The molecule has 0 radical (unpaired) electrons. The van der Waals surface area contributed by atoms with Gasteiger partial charge in [0.05, 0.1) is 5.39 Å². The fraction of sp³-hybridized carbons (Fsp3) is 0.391. The molecule has 9 heteroatoms. The van der Waals surface area contributed by atoms with Crippen molar-refractivity contribution >= 4 is 27.2 Å². The van der Waals surface area contributed by atoms with Crippen molar-refractivity contribution in [2.45, 2.75) is 46.6 Å². The van der Waals surface area contributed by atoms with E-state index in [-0.39, 0.29) is 0 Å². The van der Waals surface area contributed by atoms with Crippen LogP contribution in [0.1, 0.15) is 43.5 Å². The molecule has 1 aliphatic carbocycles. The van der Waals surface area contributed by atoms with Crippen LogP contribution in [-0.4, -0.2) is 39.8 Å². The molecule has 162 valence electrons. The molecule has 6 rings (SSSR count). The van der Waals surface area contributed by atoms with Gasteiger partial charge in [-0.25, -0.2) is 14.5 Å². The van der Waals surface area contributed by atoms with E-state index in [1.165, 1.54) is 16.9 Å². The van der Waals surface area contributed by atoms with Crippen molar-refractivity contribution < 1.29 is 0 Å². The highest BCUT2D eigenvalue weighted by Crippen LogP contribution is 2.43. The standard InChI is InChI=1S/C23H24N8S/c1-23(2,3)15-9-10-16-17(11-15)32-22-19(16)21-25-18(27-30(21)13-24-22)12-31-28-20(26-29-31)14-7-5-4-6-8-14/h4-8,13,15H,9-12H2,1-3H3. The van der Waals surface area contributed by atoms with E-state index in [1.807, 2.05) is 41.7 Å². The Bertz CT molecular complexity index is 1420. The van der Waals surface area contributed by atoms with Crippen molar-refractivity contribution in [3.05, 3.63) is 52.9 Å². The number of benzene rings is 1. The van der Waals surface area contributed by atoms with Crippen LogP contribution in [0.15, 0.2) is 36.7 Å². The molecule has 0 saturated carbocycles. The second kappa shape index (κ2) is 7.16. The predicted octanol–water partition coefficient (Wildman–Crippen LogP) is 4.19. The summed E-state index contributed by atoms with van der Waals surface area (Å²) in [6, 6.07) is 9.83. The fourth-order valence-corrected chi connectivity index (χ4v) is 5.83. The molecule has 4 aromatic heterocycles. The molecule has 0 bridgehead atoms. The maximum atomic E-state index is 4.86.